The molecule has 0 saturated carbocycles. The van der Waals surface area contributed by atoms with Crippen LogP contribution in [-0.4, -0.2) is 24.6 Å². The summed E-state index contributed by atoms with van der Waals surface area (Å²) in [6.07, 6.45) is 21.0. The van der Waals surface area contributed by atoms with Gasteiger partial charge in [0, 0.05) is 0 Å². The van der Waals surface area contributed by atoms with Crippen LogP contribution in [0.4, 0.5) is 0 Å². The normalized spacial score (nSPS) is 12.0. The first kappa shape index (κ1) is 19.4. The van der Waals surface area contributed by atoms with E-state index in [9.17, 15) is 0 Å². The number of rotatable bonds is 14. The van der Waals surface area contributed by atoms with Crippen LogP contribution in [0.2, 0.25) is 0 Å². The Kier molecular flexibility index (Phi) is 13.7. The molecule has 1 heteroatoms. The molecule has 0 aliphatic heterocycles. The van der Waals surface area contributed by atoms with Crippen LogP contribution in [0.5, 0.6) is 0 Å². The third-order valence-corrected chi connectivity index (χ3v) is 9.50. The Balaban J connectivity index is 4.38. The summed E-state index contributed by atoms with van der Waals surface area (Å²) in [4.78, 5) is 0. The summed E-state index contributed by atoms with van der Waals surface area (Å²) in [5.41, 5.74) is 0. The molecule has 19 heavy (non-hydrogen) atoms. The van der Waals surface area contributed by atoms with Crippen molar-refractivity contribution in [3.05, 3.63) is 0 Å². The molecule has 0 spiro atoms. The molecule has 0 rings (SSSR count). The highest BCUT2D eigenvalue weighted by Gasteiger charge is 2.24. The first-order valence-electron chi connectivity index (χ1n) is 9.09. The van der Waals surface area contributed by atoms with E-state index >= 15 is 0 Å². The Morgan fingerprint density at radius 1 is 0.421 bits per heavy atom. The van der Waals surface area contributed by atoms with Crippen LogP contribution in [0.25, 0.3) is 0 Å². The van der Waals surface area contributed by atoms with Crippen molar-refractivity contribution in [3.63, 3.8) is 0 Å². The largest absolute Gasteiger partial charge is 0.125 e. The van der Waals surface area contributed by atoms with Crippen molar-refractivity contribution in [1.82, 2.24) is 0 Å². The van der Waals surface area contributed by atoms with Crippen LogP contribution in [0.3, 0.4) is 0 Å². The lowest BCUT2D eigenvalue weighted by Gasteiger charge is -2.37. The van der Waals surface area contributed by atoms with Crippen molar-refractivity contribution in [2.24, 2.45) is 0 Å². The number of unbranched alkanes of at least 4 members (excludes halogenated alkanes) is 6. The van der Waals surface area contributed by atoms with E-state index in [0.29, 0.717) is 0 Å². The molecule has 0 nitrogen and oxygen atoms in total. The van der Waals surface area contributed by atoms with E-state index in [-0.39, 0.29) is 0 Å². The SMILES string of the molecule is CCCCCC[P](CCCC)(CCCC)CCCC. The second kappa shape index (κ2) is 13.4. The zero-order valence-electron chi connectivity index (χ0n) is 14.3. The first-order valence-corrected chi connectivity index (χ1v) is 11.6. The molecule has 0 unspecified atom stereocenters. The molecule has 0 bridgehead atoms. The molecule has 1 radical (unpaired) electrons. The molecule has 0 aromatic rings. The molecule has 0 aromatic carbocycles. The maximum atomic E-state index is 2.37. The molecular weight excluding hydrogens is 247 g/mol. The average Bonchev–Trinajstić information content (AvgIpc) is 2.44. The highest BCUT2D eigenvalue weighted by atomic mass is 31.2. The van der Waals surface area contributed by atoms with E-state index in [1.165, 1.54) is 64.2 Å². The van der Waals surface area contributed by atoms with Gasteiger partial charge in [0.25, 0.3) is 0 Å². The van der Waals surface area contributed by atoms with Gasteiger partial charge < -0.3 is 0 Å². The van der Waals surface area contributed by atoms with E-state index in [4.69, 9.17) is 0 Å². The lowest BCUT2D eigenvalue weighted by Crippen LogP contribution is -2.12. The van der Waals surface area contributed by atoms with Gasteiger partial charge in [0.15, 0.2) is 0 Å². The molecule has 117 valence electrons. The second-order valence-electron chi connectivity index (χ2n) is 6.36. The number of hydrogen-bond donors (Lipinski definition) is 0. The molecule has 0 amide bonds. The molecular formula is C18H40P. The fourth-order valence-corrected chi connectivity index (χ4v) is 8.22. The molecule has 0 N–H and O–H groups in total. The van der Waals surface area contributed by atoms with Crippen molar-refractivity contribution in [3.8, 4) is 0 Å². The summed E-state index contributed by atoms with van der Waals surface area (Å²) in [6.45, 7) is 9.43. The predicted molar refractivity (Wildman–Crippen MR) is 95.3 cm³/mol. The van der Waals surface area contributed by atoms with Crippen LogP contribution in [0, 0.1) is 0 Å². The van der Waals surface area contributed by atoms with Crippen molar-refractivity contribution in [1.29, 1.82) is 0 Å². The highest BCUT2D eigenvalue weighted by molar-refractivity contribution is 7.75. The van der Waals surface area contributed by atoms with E-state index in [1.807, 2.05) is 0 Å². The van der Waals surface area contributed by atoms with Gasteiger partial charge in [-0.15, -0.1) is 7.26 Å². The zero-order valence-corrected chi connectivity index (χ0v) is 15.2. The predicted octanol–water partition coefficient (Wildman–Crippen LogP) is 6.98. The highest BCUT2D eigenvalue weighted by Crippen LogP contribution is 2.61. The Labute approximate surface area is 124 Å². The molecule has 0 aromatic heterocycles. The standard InChI is InChI=1S/C18H40P/c1-5-9-13-14-18-19(15-10-6-2,16-11-7-3)17-12-8-4/h5-18H2,1-4H3. The van der Waals surface area contributed by atoms with Crippen LogP contribution in [0.1, 0.15) is 91.9 Å². The van der Waals surface area contributed by atoms with Crippen LogP contribution >= 0.6 is 7.26 Å². The van der Waals surface area contributed by atoms with Gasteiger partial charge in [0.1, 0.15) is 0 Å². The van der Waals surface area contributed by atoms with Crippen LogP contribution < -0.4 is 0 Å². The summed E-state index contributed by atoms with van der Waals surface area (Å²) in [5.74, 6) is 0. The van der Waals surface area contributed by atoms with Crippen molar-refractivity contribution in [2.75, 3.05) is 24.6 Å². The maximum absolute atomic E-state index is 2.37. The van der Waals surface area contributed by atoms with Gasteiger partial charge >= 0.3 is 0 Å². The molecule has 0 heterocycles. The van der Waals surface area contributed by atoms with Crippen molar-refractivity contribution >= 4 is 7.26 Å². The van der Waals surface area contributed by atoms with E-state index < -0.39 is 7.26 Å². The lowest BCUT2D eigenvalue weighted by molar-refractivity contribution is 0.699. The third-order valence-electron chi connectivity index (χ3n) is 4.44. The van der Waals surface area contributed by atoms with Crippen LogP contribution in [-0.2, 0) is 0 Å². The fourth-order valence-electron chi connectivity index (χ4n) is 3.03. The van der Waals surface area contributed by atoms with Gasteiger partial charge in [-0.3, -0.25) is 0 Å². The minimum absolute atomic E-state index is 0.586. The quantitative estimate of drug-likeness (QED) is 0.239. The van der Waals surface area contributed by atoms with Gasteiger partial charge in [-0.2, -0.15) is 0 Å². The zero-order chi connectivity index (χ0) is 14.4. The Hall–Kier alpha value is 0.430. The van der Waals surface area contributed by atoms with Crippen molar-refractivity contribution < 1.29 is 0 Å². The smallest absolute Gasteiger partial charge is 0.0359 e. The third kappa shape index (κ3) is 9.89. The summed E-state index contributed by atoms with van der Waals surface area (Å²) in [7, 11) is -0.586. The minimum atomic E-state index is -0.586. The Bertz CT molecular complexity index is 155. The molecule has 0 aliphatic rings. The average molecular weight is 287 g/mol. The van der Waals surface area contributed by atoms with E-state index in [2.05, 4.69) is 27.7 Å². The molecule has 0 atom stereocenters. The van der Waals surface area contributed by atoms with Gasteiger partial charge in [-0.05, 0) is 50.3 Å². The van der Waals surface area contributed by atoms with Gasteiger partial charge in [0.05, 0.1) is 0 Å². The topological polar surface area (TPSA) is 0 Å². The summed E-state index contributed by atoms with van der Waals surface area (Å²) in [6, 6.07) is 0. The first-order chi connectivity index (χ1) is 9.24. The molecule has 0 aliphatic carbocycles. The monoisotopic (exact) mass is 287 g/mol. The maximum Gasteiger partial charge on any atom is -0.0359 e. The second-order valence-corrected chi connectivity index (χ2v) is 10.8. The van der Waals surface area contributed by atoms with Gasteiger partial charge in [0.2, 0.25) is 0 Å². The molecule has 0 fully saturated rings. The van der Waals surface area contributed by atoms with E-state index in [1.54, 1.807) is 24.6 Å². The van der Waals surface area contributed by atoms with Gasteiger partial charge in [-0.25, -0.2) is 0 Å². The Morgan fingerprint density at radius 2 is 0.789 bits per heavy atom. The summed E-state index contributed by atoms with van der Waals surface area (Å²) in [5, 5.41) is 0. The number of hydrogen-bond acceptors (Lipinski definition) is 0. The van der Waals surface area contributed by atoms with Gasteiger partial charge in [-0.1, -0.05) is 66.2 Å². The lowest BCUT2D eigenvalue weighted by atomic mass is 10.2. The Morgan fingerprint density at radius 3 is 1.16 bits per heavy atom. The minimum Gasteiger partial charge on any atom is -0.125 e. The summed E-state index contributed by atoms with van der Waals surface area (Å²) >= 11 is 0. The fraction of sp³-hybridized carbons (Fsp3) is 1.00. The molecule has 0 saturated heterocycles. The summed E-state index contributed by atoms with van der Waals surface area (Å²) < 4.78 is 0. The van der Waals surface area contributed by atoms with Crippen LogP contribution in [0.15, 0.2) is 0 Å². The van der Waals surface area contributed by atoms with E-state index in [0.717, 1.165) is 0 Å². The van der Waals surface area contributed by atoms with Crippen molar-refractivity contribution in [2.45, 2.75) is 91.9 Å².